The summed E-state index contributed by atoms with van der Waals surface area (Å²) in [6.45, 7) is 7.62. The summed E-state index contributed by atoms with van der Waals surface area (Å²) in [7, 11) is 0. The van der Waals surface area contributed by atoms with Crippen molar-refractivity contribution in [3.05, 3.63) is 71.2 Å². The van der Waals surface area contributed by atoms with Crippen LogP contribution in [0.15, 0.2) is 48.6 Å². The summed E-state index contributed by atoms with van der Waals surface area (Å²) < 4.78 is 14.1. The summed E-state index contributed by atoms with van der Waals surface area (Å²) in [5.74, 6) is 0.387. The van der Waals surface area contributed by atoms with Gasteiger partial charge in [0.05, 0.1) is 16.8 Å². The normalized spacial score (nSPS) is 15.4. The highest BCUT2D eigenvalue weighted by Crippen LogP contribution is 2.33. The molecule has 0 spiro atoms. The number of halogens is 2. The molecule has 0 atom stereocenters. The smallest absolute Gasteiger partial charge is 0.254 e. The average Bonchev–Trinajstić information content (AvgIpc) is 3.45. The van der Waals surface area contributed by atoms with Crippen LogP contribution in [-0.2, 0) is 12.8 Å². The molecule has 0 aromatic carbocycles. The number of rotatable bonds is 8. The van der Waals surface area contributed by atoms with Crippen molar-refractivity contribution < 1.29 is 9.18 Å². The number of hydrogen-bond donors (Lipinski definition) is 2. The van der Waals surface area contributed by atoms with E-state index in [2.05, 4.69) is 38.7 Å². The van der Waals surface area contributed by atoms with Gasteiger partial charge in [0.15, 0.2) is 5.82 Å². The Bertz CT molecular complexity index is 1090. The van der Waals surface area contributed by atoms with Gasteiger partial charge >= 0.3 is 0 Å². The van der Waals surface area contributed by atoms with Crippen molar-refractivity contribution in [3.63, 3.8) is 0 Å². The quantitative estimate of drug-likeness (QED) is 0.574. The molecule has 0 aliphatic heterocycles. The van der Waals surface area contributed by atoms with Gasteiger partial charge in [-0.05, 0) is 50.2 Å². The maximum Gasteiger partial charge on any atom is 0.254 e. The fraction of sp³-hybridized carbons (Fsp3) is 0.304. The number of nitrogens with one attached hydrogen (secondary N) is 2. The van der Waals surface area contributed by atoms with Gasteiger partial charge in [0.2, 0.25) is 0 Å². The molecule has 31 heavy (non-hydrogen) atoms. The fourth-order valence-corrected chi connectivity index (χ4v) is 3.65. The number of aromatic nitrogens is 3. The number of hydrogen-bond acceptors (Lipinski definition) is 5. The predicted octanol–water partition coefficient (Wildman–Crippen LogP) is 4.86. The van der Waals surface area contributed by atoms with Crippen LogP contribution in [-0.4, -0.2) is 27.4 Å². The number of fused-ring (bicyclic) bond motifs is 1. The highest BCUT2D eigenvalue weighted by atomic mass is 35.5. The largest absolute Gasteiger partial charge is 0.352 e. The Hall–Kier alpha value is -3.06. The van der Waals surface area contributed by atoms with E-state index >= 15 is 0 Å². The second-order valence-corrected chi connectivity index (χ2v) is 8.27. The summed E-state index contributed by atoms with van der Waals surface area (Å²) in [5.41, 5.74) is 2.88. The van der Waals surface area contributed by atoms with Crippen molar-refractivity contribution in [2.45, 2.75) is 32.1 Å². The van der Waals surface area contributed by atoms with Crippen LogP contribution in [0, 0.1) is 5.92 Å². The van der Waals surface area contributed by atoms with E-state index in [4.69, 9.17) is 11.6 Å². The highest BCUT2D eigenvalue weighted by Gasteiger charge is 2.24. The third-order valence-electron chi connectivity index (χ3n) is 5.33. The molecule has 1 fully saturated rings. The number of nitrogens with zero attached hydrogens (tertiary/aromatic N) is 3. The summed E-state index contributed by atoms with van der Waals surface area (Å²) in [6, 6.07) is 1.72. The number of carbonyl (C=O) groups excluding carboxylic acids is 1. The zero-order chi connectivity index (χ0) is 22.0. The van der Waals surface area contributed by atoms with Crippen molar-refractivity contribution in [2.24, 2.45) is 5.92 Å². The topological polar surface area (TPSA) is 79.8 Å². The van der Waals surface area contributed by atoms with Gasteiger partial charge in [-0.3, -0.25) is 9.78 Å². The molecule has 0 unspecified atom stereocenters. The van der Waals surface area contributed by atoms with E-state index in [1.807, 2.05) is 0 Å². The van der Waals surface area contributed by atoms with Gasteiger partial charge in [0, 0.05) is 35.2 Å². The van der Waals surface area contributed by atoms with Crippen molar-refractivity contribution >= 4 is 34.6 Å². The Balaban J connectivity index is 1.69. The number of aryl methyl sites for hydroxylation is 1. The van der Waals surface area contributed by atoms with Crippen LogP contribution in [0.1, 0.15) is 46.7 Å². The van der Waals surface area contributed by atoms with E-state index in [0.29, 0.717) is 29.5 Å². The summed E-state index contributed by atoms with van der Waals surface area (Å²) in [5, 5.41) is 6.37. The minimum atomic E-state index is -0.699. The van der Waals surface area contributed by atoms with Gasteiger partial charge in [-0.1, -0.05) is 24.8 Å². The lowest BCUT2D eigenvalue weighted by atomic mass is 10.1. The SMILES string of the molecule is C=C(Cl)/C=C(\C(=C)F)c1nc2c(c(Nc3ccncc3C(=O)NCC3CC3)n1)CCC2. The first kappa shape index (κ1) is 21.2. The van der Waals surface area contributed by atoms with E-state index in [9.17, 15) is 9.18 Å². The van der Waals surface area contributed by atoms with Crippen molar-refractivity contribution in [1.82, 2.24) is 20.3 Å². The van der Waals surface area contributed by atoms with Crippen LogP contribution in [0.4, 0.5) is 15.9 Å². The fourth-order valence-electron chi connectivity index (χ4n) is 3.54. The first-order chi connectivity index (χ1) is 14.9. The number of anilines is 2. The van der Waals surface area contributed by atoms with Crippen molar-refractivity contribution in [2.75, 3.05) is 11.9 Å². The lowest BCUT2D eigenvalue weighted by molar-refractivity contribution is 0.0952. The molecule has 8 heteroatoms. The molecule has 2 aliphatic carbocycles. The van der Waals surface area contributed by atoms with Gasteiger partial charge < -0.3 is 10.6 Å². The molecule has 1 saturated carbocycles. The van der Waals surface area contributed by atoms with Gasteiger partial charge in [-0.25, -0.2) is 14.4 Å². The maximum atomic E-state index is 14.1. The molecule has 6 nitrogen and oxygen atoms in total. The van der Waals surface area contributed by atoms with E-state index in [0.717, 1.165) is 43.4 Å². The first-order valence-corrected chi connectivity index (χ1v) is 10.6. The number of amides is 1. The zero-order valence-corrected chi connectivity index (χ0v) is 17.8. The van der Waals surface area contributed by atoms with Crippen molar-refractivity contribution in [3.8, 4) is 0 Å². The average molecular weight is 440 g/mol. The molecule has 2 aromatic rings. The maximum absolute atomic E-state index is 14.1. The molecular formula is C23H23ClFN5O. The molecular weight excluding hydrogens is 417 g/mol. The van der Waals surface area contributed by atoms with Gasteiger partial charge in [-0.2, -0.15) is 0 Å². The van der Waals surface area contributed by atoms with E-state index in [-0.39, 0.29) is 22.3 Å². The Morgan fingerprint density at radius 1 is 1.29 bits per heavy atom. The van der Waals surface area contributed by atoms with Crippen LogP contribution in [0.25, 0.3) is 5.57 Å². The molecule has 1 amide bonds. The Kier molecular flexibility index (Phi) is 6.13. The van der Waals surface area contributed by atoms with Crippen LogP contribution >= 0.6 is 11.6 Å². The lowest BCUT2D eigenvalue weighted by Gasteiger charge is -2.15. The first-order valence-electron chi connectivity index (χ1n) is 10.2. The molecule has 2 aliphatic rings. The number of allylic oxidation sites excluding steroid dienone is 4. The Labute approximate surface area is 185 Å². The van der Waals surface area contributed by atoms with Crippen molar-refractivity contribution in [1.29, 1.82) is 0 Å². The minimum absolute atomic E-state index is 0.0786. The van der Waals surface area contributed by atoms with E-state index in [1.165, 1.54) is 12.3 Å². The predicted molar refractivity (Wildman–Crippen MR) is 120 cm³/mol. The summed E-state index contributed by atoms with van der Waals surface area (Å²) in [4.78, 5) is 25.9. The minimum Gasteiger partial charge on any atom is -0.352 e. The molecule has 0 bridgehead atoms. The molecule has 2 heterocycles. The molecule has 2 N–H and O–H groups in total. The summed E-state index contributed by atoms with van der Waals surface area (Å²) in [6.07, 6.45) is 9.27. The second-order valence-electron chi connectivity index (χ2n) is 7.78. The third-order valence-corrected chi connectivity index (χ3v) is 5.44. The summed E-state index contributed by atoms with van der Waals surface area (Å²) >= 11 is 5.86. The highest BCUT2D eigenvalue weighted by molar-refractivity contribution is 6.31. The number of carbonyl (C=O) groups is 1. The zero-order valence-electron chi connectivity index (χ0n) is 17.0. The van der Waals surface area contributed by atoms with Gasteiger partial charge in [0.1, 0.15) is 11.6 Å². The molecule has 0 saturated heterocycles. The molecule has 2 aromatic heterocycles. The van der Waals surface area contributed by atoms with E-state index < -0.39 is 5.83 Å². The second kappa shape index (κ2) is 8.98. The molecule has 4 rings (SSSR count). The van der Waals surface area contributed by atoms with Crippen LogP contribution in [0.5, 0.6) is 0 Å². The number of pyridine rings is 1. The van der Waals surface area contributed by atoms with Gasteiger partial charge in [-0.15, -0.1) is 0 Å². The molecule has 160 valence electrons. The Morgan fingerprint density at radius 3 is 2.81 bits per heavy atom. The Morgan fingerprint density at radius 2 is 2.10 bits per heavy atom. The van der Waals surface area contributed by atoms with Crippen LogP contribution in [0.3, 0.4) is 0 Å². The van der Waals surface area contributed by atoms with Crippen LogP contribution < -0.4 is 10.6 Å². The standard InChI is InChI=1S/C23H23ClFN5O/c1-13(24)10-17(14(2)25)22-28-19-5-3-4-16(19)21(30-22)29-20-8-9-26-12-18(20)23(31)27-11-15-6-7-15/h8-10,12,15H,1-7,11H2,(H,27,31)(H,26,28,29,30)/b17-10+. The lowest BCUT2D eigenvalue weighted by Crippen LogP contribution is -2.26. The van der Waals surface area contributed by atoms with Crippen LogP contribution in [0.2, 0.25) is 0 Å². The third kappa shape index (κ3) is 4.99. The van der Waals surface area contributed by atoms with Gasteiger partial charge in [0.25, 0.3) is 5.91 Å². The molecule has 0 radical (unpaired) electrons. The van der Waals surface area contributed by atoms with E-state index in [1.54, 1.807) is 12.3 Å². The monoisotopic (exact) mass is 439 g/mol.